The predicted molar refractivity (Wildman–Crippen MR) is 93.6 cm³/mol. The smallest absolute Gasteiger partial charge is 0.317 e. The highest BCUT2D eigenvalue weighted by atomic mass is 32.2. The number of likely N-dealkylation sites (tertiary alicyclic amines) is 1. The molecule has 0 spiro atoms. The summed E-state index contributed by atoms with van der Waals surface area (Å²) in [5.41, 5.74) is 3.49. The van der Waals surface area contributed by atoms with E-state index in [9.17, 15) is 13.2 Å². The van der Waals surface area contributed by atoms with Crippen LogP contribution in [0.15, 0.2) is 0 Å². The minimum Gasteiger partial charge on any atom is -0.338 e. The minimum atomic E-state index is -3.49. The average molecular weight is 367 g/mol. The molecular formula is C16H25N5O3S. The number of aryl methyl sites for hydroxylation is 2. The number of hydrogen-bond acceptors (Lipinski definition) is 5. The number of nitrogens with zero attached hydrogens (tertiary/aromatic N) is 3. The number of urea groups is 1. The number of fused-ring (bicyclic) bond motifs is 1. The minimum absolute atomic E-state index is 0.0704. The summed E-state index contributed by atoms with van der Waals surface area (Å²) in [7, 11) is -3.49. The van der Waals surface area contributed by atoms with Crippen LogP contribution in [0.3, 0.4) is 0 Å². The highest BCUT2D eigenvalue weighted by molar-refractivity contribution is 7.89. The lowest BCUT2D eigenvalue weighted by Gasteiger charge is -2.17. The van der Waals surface area contributed by atoms with E-state index >= 15 is 0 Å². The van der Waals surface area contributed by atoms with Crippen molar-refractivity contribution in [1.82, 2.24) is 20.2 Å². The molecule has 0 aromatic carbocycles. The summed E-state index contributed by atoms with van der Waals surface area (Å²) in [6.07, 6.45) is 4.47. The Bertz CT molecular complexity index is 765. The van der Waals surface area contributed by atoms with Crippen LogP contribution in [0.1, 0.15) is 35.6 Å². The maximum atomic E-state index is 12.2. The lowest BCUT2D eigenvalue weighted by atomic mass is 10.2. The number of nitrogens with two attached hydrogens (primary N) is 1. The van der Waals surface area contributed by atoms with Crippen molar-refractivity contribution in [2.24, 2.45) is 11.1 Å². The number of hydrogen-bond donors (Lipinski definition) is 2. The summed E-state index contributed by atoms with van der Waals surface area (Å²) in [5, 5.41) is 7.94. The molecular weight excluding hydrogens is 342 g/mol. The third-order valence-corrected chi connectivity index (χ3v) is 5.79. The largest absolute Gasteiger partial charge is 0.338 e. The van der Waals surface area contributed by atoms with Gasteiger partial charge in [0.25, 0.3) is 0 Å². The molecule has 1 aromatic rings. The van der Waals surface area contributed by atoms with Gasteiger partial charge in [0.2, 0.25) is 10.0 Å². The van der Waals surface area contributed by atoms with E-state index in [0.717, 1.165) is 36.5 Å². The van der Waals surface area contributed by atoms with Crippen LogP contribution >= 0.6 is 0 Å². The lowest BCUT2D eigenvalue weighted by Crippen LogP contribution is -2.40. The normalized spacial score (nSPS) is 19.9. The van der Waals surface area contributed by atoms with E-state index in [2.05, 4.69) is 15.3 Å². The monoisotopic (exact) mass is 367 g/mol. The van der Waals surface area contributed by atoms with Crippen molar-refractivity contribution < 1.29 is 13.2 Å². The molecule has 3 rings (SSSR count). The summed E-state index contributed by atoms with van der Waals surface area (Å²) in [4.78, 5) is 23.0. The highest BCUT2D eigenvalue weighted by Gasteiger charge is 2.28. The van der Waals surface area contributed by atoms with Crippen LogP contribution in [0.5, 0.6) is 0 Å². The summed E-state index contributed by atoms with van der Waals surface area (Å²) in [5.74, 6) is 0.620. The van der Waals surface area contributed by atoms with E-state index in [4.69, 9.17) is 5.14 Å². The molecule has 25 heavy (non-hydrogen) atoms. The van der Waals surface area contributed by atoms with Gasteiger partial charge in [0, 0.05) is 37.4 Å². The number of carbonyl (C=O) groups is 1. The van der Waals surface area contributed by atoms with E-state index in [1.54, 1.807) is 4.90 Å². The Labute approximate surface area is 148 Å². The Morgan fingerprint density at radius 1 is 1.36 bits per heavy atom. The molecule has 3 N–H and O–H groups in total. The molecule has 1 aliphatic heterocycles. The van der Waals surface area contributed by atoms with Crippen LogP contribution in [0.2, 0.25) is 0 Å². The van der Waals surface area contributed by atoms with E-state index in [0.29, 0.717) is 32.5 Å². The average Bonchev–Trinajstić information content (AvgIpc) is 3.14. The van der Waals surface area contributed by atoms with Crippen molar-refractivity contribution in [2.45, 2.75) is 39.0 Å². The standard InChI is InChI=1S/C16H25N5O3S/c1-11-13-3-2-4-14(13)20-15(19-11)5-7-18-16(22)21-8-6-12(9-21)10-25(17,23)24/h12H,2-10H2,1H3,(H,18,22)(H2,17,23,24)/t12-/m1/s1. The van der Waals surface area contributed by atoms with Gasteiger partial charge in [0.1, 0.15) is 5.82 Å². The molecule has 1 aliphatic carbocycles. The van der Waals surface area contributed by atoms with Crippen molar-refractivity contribution in [3.05, 3.63) is 22.8 Å². The molecule has 9 heteroatoms. The summed E-state index contributed by atoms with van der Waals surface area (Å²) < 4.78 is 22.3. The third kappa shape index (κ3) is 4.66. The first-order valence-electron chi connectivity index (χ1n) is 8.70. The maximum absolute atomic E-state index is 12.2. The fourth-order valence-electron chi connectivity index (χ4n) is 3.67. The predicted octanol–water partition coefficient (Wildman–Crippen LogP) is 0.136. The fourth-order valence-corrected chi connectivity index (χ4v) is 4.60. The van der Waals surface area contributed by atoms with Crippen molar-refractivity contribution in [2.75, 3.05) is 25.4 Å². The van der Waals surface area contributed by atoms with Gasteiger partial charge in [-0.2, -0.15) is 0 Å². The van der Waals surface area contributed by atoms with Crippen molar-refractivity contribution in [3.63, 3.8) is 0 Å². The Balaban J connectivity index is 1.47. The fraction of sp³-hybridized carbons (Fsp3) is 0.688. The van der Waals surface area contributed by atoms with E-state index < -0.39 is 10.0 Å². The van der Waals surface area contributed by atoms with Gasteiger partial charge in [0.05, 0.1) is 5.75 Å². The van der Waals surface area contributed by atoms with E-state index in [1.807, 2.05) is 6.92 Å². The zero-order chi connectivity index (χ0) is 18.0. The highest BCUT2D eigenvalue weighted by Crippen LogP contribution is 2.22. The van der Waals surface area contributed by atoms with Gasteiger partial charge in [-0.25, -0.2) is 28.3 Å². The van der Waals surface area contributed by atoms with Crippen LogP contribution in [-0.4, -0.2) is 54.7 Å². The van der Waals surface area contributed by atoms with Crippen LogP contribution in [0.4, 0.5) is 4.79 Å². The number of aromatic nitrogens is 2. The number of amides is 2. The summed E-state index contributed by atoms with van der Waals surface area (Å²) in [6.45, 7) is 3.47. The SMILES string of the molecule is Cc1nc(CCNC(=O)N2CC[C@@H](CS(N)(=O)=O)C2)nc2c1CCC2. The molecule has 1 saturated heterocycles. The Morgan fingerprint density at radius 2 is 2.16 bits per heavy atom. The first-order chi connectivity index (χ1) is 11.8. The number of rotatable bonds is 5. The van der Waals surface area contributed by atoms with Crippen LogP contribution in [0, 0.1) is 12.8 Å². The zero-order valence-corrected chi connectivity index (χ0v) is 15.3. The van der Waals surface area contributed by atoms with E-state index in [-0.39, 0.29) is 17.7 Å². The van der Waals surface area contributed by atoms with Crippen molar-refractivity contribution >= 4 is 16.1 Å². The number of sulfonamides is 1. The number of primary sulfonamides is 1. The number of carbonyl (C=O) groups excluding carboxylic acids is 1. The topological polar surface area (TPSA) is 118 Å². The van der Waals surface area contributed by atoms with Gasteiger partial charge in [0.15, 0.2) is 0 Å². The lowest BCUT2D eigenvalue weighted by molar-refractivity contribution is 0.207. The molecule has 0 radical (unpaired) electrons. The van der Waals surface area contributed by atoms with Gasteiger partial charge < -0.3 is 10.2 Å². The molecule has 1 atom stereocenters. The molecule has 0 saturated carbocycles. The zero-order valence-electron chi connectivity index (χ0n) is 14.5. The third-order valence-electron chi connectivity index (χ3n) is 4.85. The molecule has 8 nitrogen and oxygen atoms in total. The first kappa shape index (κ1) is 18.1. The van der Waals surface area contributed by atoms with Crippen molar-refractivity contribution in [3.8, 4) is 0 Å². The van der Waals surface area contributed by atoms with Crippen molar-refractivity contribution in [1.29, 1.82) is 0 Å². The van der Waals surface area contributed by atoms with Gasteiger partial charge >= 0.3 is 6.03 Å². The van der Waals surface area contributed by atoms with Crippen LogP contribution in [0.25, 0.3) is 0 Å². The summed E-state index contributed by atoms with van der Waals surface area (Å²) >= 11 is 0. The van der Waals surface area contributed by atoms with E-state index in [1.165, 1.54) is 5.56 Å². The Morgan fingerprint density at radius 3 is 2.92 bits per heavy atom. The molecule has 1 fully saturated rings. The Kier molecular flexibility index (Phi) is 5.24. The quantitative estimate of drug-likeness (QED) is 0.767. The maximum Gasteiger partial charge on any atom is 0.317 e. The van der Waals surface area contributed by atoms with Gasteiger partial charge in [-0.05, 0) is 44.1 Å². The van der Waals surface area contributed by atoms with Gasteiger partial charge in [-0.3, -0.25) is 0 Å². The summed E-state index contributed by atoms with van der Waals surface area (Å²) in [6, 6.07) is -0.171. The van der Waals surface area contributed by atoms with Crippen LogP contribution < -0.4 is 10.5 Å². The number of nitrogens with one attached hydrogen (secondary N) is 1. The molecule has 1 aromatic heterocycles. The molecule has 0 bridgehead atoms. The molecule has 2 aliphatic rings. The second-order valence-electron chi connectivity index (χ2n) is 6.92. The second-order valence-corrected chi connectivity index (χ2v) is 8.58. The molecule has 2 heterocycles. The van der Waals surface area contributed by atoms with Crippen LogP contribution in [-0.2, 0) is 29.3 Å². The van der Waals surface area contributed by atoms with Gasteiger partial charge in [-0.15, -0.1) is 0 Å². The Hall–Kier alpha value is -1.74. The first-order valence-corrected chi connectivity index (χ1v) is 10.4. The second kappa shape index (κ2) is 7.25. The molecule has 138 valence electrons. The van der Waals surface area contributed by atoms with Gasteiger partial charge in [-0.1, -0.05) is 0 Å². The molecule has 2 amide bonds. The molecule has 0 unspecified atom stereocenters.